The van der Waals surface area contributed by atoms with Crippen molar-refractivity contribution < 1.29 is 9.53 Å². The van der Waals surface area contributed by atoms with E-state index in [1.807, 2.05) is 49.5 Å². The molecule has 2 unspecified atom stereocenters. The van der Waals surface area contributed by atoms with Gasteiger partial charge in [-0.2, -0.15) is 5.10 Å². The lowest BCUT2D eigenvalue weighted by Gasteiger charge is -2.21. The van der Waals surface area contributed by atoms with Crippen LogP contribution in [0.5, 0.6) is 5.75 Å². The predicted octanol–water partition coefficient (Wildman–Crippen LogP) is 3.28. The molecule has 6 heteroatoms. The van der Waals surface area contributed by atoms with Crippen LogP contribution in [0.15, 0.2) is 60.8 Å². The van der Waals surface area contributed by atoms with E-state index >= 15 is 0 Å². The molecule has 1 aliphatic heterocycles. The number of benzene rings is 2. The van der Waals surface area contributed by atoms with Crippen LogP contribution in [0.3, 0.4) is 0 Å². The first kappa shape index (κ1) is 16.7. The van der Waals surface area contributed by atoms with Gasteiger partial charge in [0, 0.05) is 24.7 Å². The molecule has 0 fully saturated rings. The summed E-state index contributed by atoms with van der Waals surface area (Å²) in [5.41, 5.74) is 2.85. The van der Waals surface area contributed by atoms with Crippen molar-refractivity contribution in [2.45, 2.75) is 18.6 Å². The number of carbonyl (C=O) groups is 1. The molecule has 132 valence electrons. The summed E-state index contributed by atoms with van der Waals surface area (Å²) < 4.78 is 7.58. The largest absolute Gasteiger partial charge is 0.480 e. The first-order valence-corrected chi connectivity index (χ1v) is 8.78. The average molecular weight is 368 g/mol. The van der Waals surface area contributed by atoms with Gasteiger partial charge in [-0.15, -0.1) is 0 Å². The fraction of sp³-hybridized carbons (Fsp3) is 0.200. The van der Waals surface area contributed by atoms with Gasteiger partial charge in [-0.25, -0.2) is 0 Å². The number of fused-ring (bicyclic) bond motifs is 1. The van der Waals surface area contributed by atoms with E-state index in [1.165, 1.54) is 0 Å². The van der Waals surface area contributed by atoms with Gasteiger partial charge < -0.3 is 10.1 Å². The van der Waals surface area contributed by atoms with Crippen LogP contribution in [0.2, 0.25) is 5.02 Å². The summed E-state index contributed by atoms with van der Waals surface area (Å²) in [6.45, 7) is 0. The lowest BCUT2D eigenvalue weighted by atomic mass is 10.0. The molecule has 1 amide bonds. The molecule has 3 aromatic rings. The van der Waals surface area contributed by atoms with E-state index in [4.69, 9.17) is 16.3 Å². The van der Waals surface area contributed by atoms with Gasteiger partial charge in [-0.05, 0) is 35.4 Å². The molecule has 0 saturated heterocycles. The van der Waals surface area contributed by atoms with Crippen LogP contribution in [-0.2, 0) is 18.3 Å². The molecule has 0 aliphatic carbocycles. The molecule has 2 atom stereocenters. The Balaban J connectivity index is 1.57. The molecule has 4 rings (SSSR count). The molecule has 0 spiro atoms. The molecule has 0 saturated carbocycles. The maximum Gasteiger partial charge on any atom is 0.262 e. The van der Waals surface area contributed by atoms with Gasteiger partial charge in [0.25, 0.3) is 5.91 Å². The second kappa shape index (κ2) is 6.84. The molecule has 0 bridgehead atoms. The summed E-state index contributed by atoms with van der Waals surface area (Å²) >= 11 is 6.03. The zero-order valence-electron chi connectivity index (χ0n) is 14.2. The normalized spacial score (nSPS) is 16.6. The van der Waals surface area contributed by atoms with Crippen LogP contribution < -0.4 is 10.1 Å². The zero-order valence-corrected chi connectivity index (χ0v) is 15.0. The highest BCUT2D eigenvalue weighted by atomic mass is 35.5. The van der Waals surface area contributed by atoms with Gasteiger partial charge in [-0.1, -0.05) is 41.9 Å². The fourth-order valence-corrected chi connectivity index (χ4v) is 3.43. The minimum atomic E-state index is -0.567. The van der Waals surface area contributed by atoms with Gasteiger partial charge in [0.1, 0.15) is 5.75 Å². The average Bonchev–Trinajstić information content (AvgIpc) is 3.26. The van der Waals surface area contributed by atoms with Gasteiger partial charge in [0.05, 0.1) is 11.7 Å². The number of ether oxygens (including phenoxy) is 1. The number of rotatable bonds is 4. The van der Waals surface area contributed by atoms with Crippen molar-refractivity contribution in [3.05, 3.63) is 82.6 Å². The number of amides is 1. The molecule has 2 aromatic carbocycles. The number of halogens is 1. The lowest BCUT2D eigenvalue weighted by molar-refractivity contribution is -0.127. The van der Waals surface area contributed by atoms with E-state index in [0.29, 0.717) is 17.2 Å². The molecule has 1 aliphatic rings. The number of aryl methyl sites for hydroxylation is 1. The fourth-order valence-electron chi connectivity index (χ4n) is 3.24. The summed E-state index contributed by atoms with van der Waals surface area (Å²) in [4.78, 5) is 12.9. The maximum absolute atomic E-state index is 12.9. The van der Waals surface area contributed by atoms with E-state index < -0.39 is 6.10 Å². The van der Waals surface area contributed by atoms with Gasteiger partial charge in [0.2, 0.25) is 0 Å². The topological polar surface area (TPSA) is 56.2 Å². The van der Waals surface area contributed by atoms with Crippen LogP contribution in [0.25, 0.3) is 0 Å². The van der Waals surface area contributed by atoms with Gasteiger partial charge in [-0.3, -0.25) is 9.48 Å². The highest BCUT2D eigenvalue weighted by molar-refractivity contribution is 6.30. The van der Waals surface area contributed by atoms with E-state index in [1.54, 1.807) is 23.0 Å². The van der Waals surface area contributed by atoms with Crippen LogP contribution in [0.4, 0.5) is 0 Å². The summed E-state index contributed by atoms with van der Waals surface area (Å²) in [6, 6.07) is 16.9. The van der Waals surface area contributed by atoms with Crippen molar-refractivity contribution in [1.29, 1.82) is 0 Å². The number of nitrogens with zero attached hydrogens (tertiary/aromatic N) is 2. The van der Waals surface area contributed by atoms with Crippen molar-refractivity contribution in [2.75, 3.05) is 0 Å². The van der Waals surface area contributed by atoms with Crippen molar-refractivity contribution in [3.63, 3.8) is 0 Å². The summed E-state index contributed by atoms with van der Waals surface area (Å²) in [6.07, 6.45) is 1.67. The van der Waals surface area contributed by atoms with Crippen LogP contribution in [0.1, 0.15) is 22.9 Å². The second-order valence-corrected chi connectivity index (χ2v) is 6.73. The number of aromatic nitrogens is 2. The lowest BCUT2D eigenvalue weighted by Crippen LogP contribution is -2.40. The van der Waals surface area contributed by atoms with Crippen molar-refractivity contribution >= 4 is 17.5 Å². The van der Waals surface area contributed by atoms with Gasteiger partial charge >= 0.3 is 0 Å². The summed E-state index contributed by atoms with van der Waals surface area (Å²) in [7, 11) is 1.86. The first-order valence-electron chi connectivity index (χ1n) is 8.40. The third kappa shape index (κ3) is 3.18. The Hall–Kier alpha value is -2.79. The third-order valence-electron chi connectivity index (χ3n) is 4.56. The van der Waals surface area contributed by atoms with Crippen LogP contribution >= 0.6 is 11.6 Å². The first-order chi connectivity index (χ1) is 12.6. The standard InChI is InChI=1S/C20H18ClN3O2/c1-24-16(9-10-22-24)19(13-5-3-2-4-6-13)23-20(25)18-12-14-11-15(21)7-8-17(14)26-18/h2-11,18-19H,12H2,1H3,(H,23,25). The minimum absolute atomic E-state index is 0.160. The number of nitrogens with one attached hydrogen (secondary N) is 1. The summed E-state index contributed by atoms with van der Waals surface area (Å²) in [5.74, 6) is 0.554. The molecule has 2 heterocycles. The molecular formula is C20H18ClN3O2. The highest BCUT2D eigenvalue weighted by Gasteiger charge is 2.31. The monoisotopic (exact) mass is 367 g/mol. The Morgan fingerprint density at radius 3 is 2.81 bits per heavy atom. The molecule has 1 aromatic heterocycles. The predicted molar refractivity (Wildman–Crippen MR) is 99.2 cm³/mol. The van der Waals surface area contributed by atoms with E-state index in [2.05, 4.69) is 10.4 Å². The Kier molecular flexibility index (Phi) is 4.39. The van der Waals surface area contributed by atoms with E-state index in [0.717, 1.165) is 16.8 Å². The molecule has 5 nitrogen and oxygen atoms in total. The molecule has 1 N–H and O–H groups in total. The minimum Gasteiger partial charge on any atom is -0.480 e. The highest BCUT2D eigenvalue weighted by Crippen LogP contribution is 2.31. The Morgan fingerprint density at radius 1 is 1.27 bits per heavy atom. The van der Waals surface area contributed by atoms with Crippen molar-refractivity contribution in [3.8, 4) is 5.75 Å². The second-order valence-electron chi connectivity index (χ2n) is 6.29. The molecular weight excluding hydrogens is 350 g/mol. The third-order valence-corrected chi connectivity index (χ3v) is 4.80. The quantitative estimate of drug-likeness (QED) is 0.769. The van der Waals surface area contributed by atoms with E-state index in [-0.39, 0.29) is 11.9 Å². The van der Waals surface area contributed by atoms with Crippen molar-refractivity contribution in [1.82, 2.24) is 15.1 Å². The molecule has 0 radical (unpaired) electrons. The number of hydrogen-bond donors (Lipinski definition) is 1. The molecule has 26 heavy (non-hydrogen) atoms. The Labute approximate surface area is 156 Å². The number of hydrogen-bond acceptors (Lipinski definition) is 3. The Bertz CT molecular complexity index is 939. The van der Waals surface area contributed by atoms with Crippen LogP contribution in [0, 0.1) is 0 Å². The SMILES string of the molecule is Cn1nccc1C(NC(=O)C1Cc2cc(Cl)ccc2O1)c1ccccc1. The van der Waals surface area contributed by atoms with Crippen molar-refractivity contribution in [2.24, 2.45) is 7.05 Å². The zero-order chi connectivity index (χ0) is 18.1. The van der Waals surface area contributed by atoms with Crippen LogP contribution in [-0.4, -0.2) is 21.8 Å². The Morgan fingerprint density at radius 2 is 2.08 bits per heavy atom. The maximum atomic E-state index is 12.9. The van der Waals surface area contributed by atoms with E-state index in [9.17, 15) is 4.79 Å². The number of carbonyl (C=O) groups excluding carboxylic acids is 1. The smallest absolute Gasteiger partial charge is 0.262 e. The van der Waals surface area contributed by atoms with Gasteiger partial charge in [0.15, 0.2) is 6.10 Å². The summed E-state index contributed by atoms with van der Waals surface area (Å²) in [5, 5.41) is 7.98.